The Morgan fingerprint density at radius 3 is 1.12 bits per heavy atom. The third kappa shape index (κ3) is 141. The first-order valence-electron chi connectivity index (χ1n) is 0.983. The molecule has 0 bridgehead atoms. The summed E-state index contributed by atoms with van der Waals surface area (Å²) in [5.74, 6) is 0. The Labute approximate surface area is 71.4 Å². The summed E-state index contributed by atoms with van der Waals surface area (Å²) in [6.07, 6.45) is 0. The van der Waals surface area contributed by atoms with Crippen molar-refractivity contribution in [2.75, 3.05) is 0 Å². The quantitative estimate of drug-likeness (QED) is 0.181. The van der Waals surface area contributed by atoms with Gasteiger partial charge in [-0.2, -0.15) is 0 Å². The van der Waals surface area contributed by atoms with Crippen molar-refractivity contribution in [3.63, 3.8) is 0 Å². The average Bonchev–Trinajstić information content (AvgIpc) is 1.36. The van der Waals surface area contributed by atoms with Crippen LogP contribution in [0.3, 0.4) is 0 Å². The molecule has 0 aliphatic rings. The Hall–Kier alpha value is 1.50. The van der Waals surface area contributed by atoms with E-state index in [1.165, 1.54) is 0 Å². The van der Waals surface area contributed by atoms with E-state index in [4.69, 9.17) is 19.2 Å². The van der Waals surface area contributed by atoms with Crippen molar-refractivity contribution >= 4 is 31.1 Å². The second kappa shape index (κ2) is 8.50. The fraction of sp³-hybridized carbons (Fsp3) is 0. The predicted octanol–water partition coefficient (Wildman–Crippen LogP) is -0.170. The first-order valence-corrected chi connectivity index (χ1v) is 4.15. The molecule has 0 rings (SSSR count). The maximum absolute atomic E-state index is 8.88. The van der Waals surface area contributed by atoms with Gasteiger partial charge in [-0.3, -0.25) is 0 Å². The summed E-state index contributed by atoms with van der Waals surface area (Å²) >= 11 is 6.44. The minimum absolute atomic E-state index is 0. The van der Waals surface area contributed by atoms with Crippen LogP contribution in [-0.4, -0.2) is 14.7 Å². The fourth-order valence-corrected chi connectivity index (χ4v) is 0. The van der Waals surface area contributed by atoms with Crippen molar-refractivity contribution in [3.8, 4) is 0 Å². The van der Waals surface area contributed by atoms with Crippen LogP contribution in [0.1, 0.15) is 0 Å². The maximum atomic E-state index is 8.88. The van der Waals surface area contributed by atoms with Gasteiger partial charge in [0.1, 0.15) is 0 Å². The Bertz CT molecular complexity index is 60.2. The molecule has 3 N–H and O–H groups in total. The van der Waals surface area contributed by atoms with E-state index in [1.807, 2.05) is 0 Å². The molecule has 0 unspecified atom stereocenters. The third-order valence-electron chi connectivity index (χ3n) is 0. The van der Waals surface area contributed by atoms with Crippen LogP contribution in [-0.2, 0) is 25.6 Å². The van der Waals surface area contributed by atoms with Gasteiger partial charge in [-0.25, -0.2) is 4.57 Å². The molecule has 0 atom stereocenters. The van der Waals surface area contributed by atoms with E-state index in [0.29, 0.717) is 0 Å². The van der Waals surface area contributed by atoms with Gasteiger partial charge >= 0.3 is 7.82 Å². The van der Waals surface area contributed by atoms with Crippen LogP contribution in [0.4, 0.5) is 0 Å². The first-order chi connectivity index (χ1) is 3.00. The number of hydrogen-bond donors (Lipinski definition) is 5. The zero-order valence-corrected chi connectivity index (χ0v) is 8.19. The molecule has 0 fully saturated rings. The summed E-state index contributed by atoms with van der Waals surface area (Å²) in [6, 6.07) is 0. The Morgan fingerprint density at radius 2 is 1.12 bits per heavy atom. The van der Waals surface area contributed by atoms with Crippen LogP contribution in [0.2, 0.25) is 0 Å². The minimum atomic E-state index is -4.64. The molecule has 0 saturated carbocycles. The van der Waals surface area contributed by atoms with Crippen molar-refractivity contribution in [1.29, 1.82) is 0 Å². The normalized spacial score (nSPS) is 8.12. The second-order valence-electron chi connectivity index (χ2n) is 0.513. The van der Waals surface area contributed by atoms with E-state index in [0.717, 1.165) is 0 Å². The van der Waals surface area contributed by atoms with E-state index in [-0.39, 0.29) is 21.1 Å². The molecule has 0 aromatic carbocycles. The summed E-state index contributed by atoms with van der Waals surface area (Å²) in [4.78, 5) is 21.6. The first kappa shape index (κ1) is 16.2. The molecule has 8 heteroatoms. The molecule has 0 saturated heterocycles. The number of phosphoric acid groups is 1. The van der Waals surface area contributed by atoms with Crippen LogP contribution in [0.5, 0.6) is 0 Å². The van der Waals surface area contributed by atoms with E-state index in [2.05, 4.69) is 23.3 Å². The van der Waals surface area contributed by atoms with Crippen LogP contribution < -0.4 is 0 Å². The van der Waals surface area contributed by atoms with Crippen molar-refractivity contribution in [2.45, 2.75) is 0 Å². The molecular weight excluding hydrogens is 255 g/mol. The van der Waals surface area contributed by atoms with Crippen molar-refractivity contribution < 1.29 is 40.3 Å². The van der Waals surface area contributed by atoms with Gasteiger partial charge in [0, 0.05) is 21.1 Å². The van der Waals surface area contributed by atoms with Crippen LogP contribution in [0.25, 0.3) is 0 Å². The van der Waals surface area contributed by atoms with Gasteiger partial charge in [-0.15, -0.1) is 23.3 Å². The van der Waals surface area contributed by atoms with Crippen molar-refractivity contribution in [1.82, 2.24) is 0 Å². The number of rotatable bonds is 0. The molecule has 52 valence electrons. The van der Waals surface area contributed by atoms with E-state index in [1.54, 1.807) is 0 Å². The van der Waals surface area contributed by atoms with Crippen LogP contribution >= 0.6 is 31.1 Å². The van der Waals surface area contributed by atoms with Crippen molar-refractivity contribution in [2.24, 2.45) is 0 Å². The minimum Gasteiger partial charge on any atom is -0.303 e. The van der Waals surface area contributed by atoms with Gasteiger partial charge in [0.25, 0.3) is 0 Å². The molecule has 0 aromatic rings. The van der Waals surface area contributed by atoms with Gasteiger partial charge in [0.15, 0.2) is 0 Å². The molecule has 0 radical (unpaired) electrons. The van der Waals surface area contributed by atoms with Crippen LogP contribution in [0, 0.1) is 0 Å². The Morgan fingerprint density at radius 1 is 1.12 bits per heavy atom. The topological polar surface area (TPSA) is 77.8 Å². The number of hydrogen-bond acceptors (Lipinski definition) is 3. The van der Waals surface area contributed by atoms with E-state index in [9.17, 15) is 0 Å². The molecule has 0 spiro atoms. The zero-order valence-electron chi connectivity index (χ0n) is 3.50. The SMILES string of the molecule is O=P(O)(O)O.SS.[Mo]. The standard InChI is InChI=1S/Mo.H3O4P.H2S2/c;1-5(2,3)4;1-2/h;(H3,1,2,3,4);1-2H. The molecule has 0 aromatic heterocycles. The smallest absolute Gasteiger partial charge is 0.303 e. The van der Waals surface area contributed by atoms with Gasteiger partial charge in [-0.05, 0) is 0 Å². The Balaban J connectivity index is -0.0000000750. The summed E-state index contributed by atoms with van der Waals surface area (Å²) in [6.45, 7) is 0. The monoisotopic (exact) mass is 262 g/mol. The largest absolute Gasteiger partial charge is 0.466 e. The van der Waals surface area contributed by atoms with Crippen LogP contribution in [0.15, 0.2) is 0 Å². The molecule has 4 nitrogen and oxygen atoms in total. The van der Waals surface area contributed by atoms with E-state index < -0.39 is 7.82 Å². The third-order valence-corrected chi connectivity index (χ3v) is 0. The summed E-state index contributed by atoms with van der Waals surface area (Å²) < 4.78 is 8.88. The molecule has 0 aliphatic carbocycles. The van der Waals surface area contributed by atoms with Gasteiger partial charge in [0.05, 0.1) is 0 Å². The summed E-state index contributed by atoms with van der Waals surface area (Å²) in [5, 5.41) is 0. The predicted molar refractivity (Wildman–Crippen MR) is 32.2 cm³/mol. The van der Waals surface area contributed by atoms with Gasteiger partial charge in [-0.1, -0.05) is 0 Å². The van der Waals surface area contributed by atoms with E-state index >= 15 is 0 Å². The summed E-state index contributed by atoms with van der Waals surface area (Å²) in [5.41, 5.74) is 0. The maximum Gasteiger partial charge on any atom is 0.466 e. The van der Waals surface area contributed by atoms with Gasteiger partial charge < -0.3 is 14.7 Å². The molecule has 8 heavy (non-hydrogen) atoms. The zero-order chi connectivity index (χ0) is 6.50. The molecule has 0 heterocycles. The second-order valence-corrected chi connectivity index (χ2v) is 1.54. The van der Waals surface area contributed by atoms with Crippen molar-refractivity contribution in [3.05, 3.63) is 0 Å². The molecule has 0 aliphatic heterocycles. The summed E-state index contributed by atoms with van der Waals surface area (Å²) in [7, 11) is -4.64. The fourth-order valence-electron chi connectivity index (χ4n) is 0. The molecular formula is H5MoO4PS2. The number of thiol groups is 2. The average molecular weight is 260 g/mol. The Kier molecular flexibility index (Phi) is 17.3. The molecule has 0 amide bonds. The van der Waals surface area contributed by atoms with Gasteiger partial charge in [0.2, 0.25) is 0 Å².